The molecule has 26 heavy (non-hydrogen) atoms. The summed E-state index contributed by atoms with van der Waals surface area (Å²) >= 11 is 0. The Labute approximate surface area is 152 Å². The standard InChI is InChI=1S/C20H22FNO4/c1-13-8-9-16(10-14(13)2)15(3)22-19(23)11-26-20(24)12-25-18-7-5-4-6-17(18)21/h4-10,15H,11-12H2,1-3H3,(H,22,23)/t15-/m0/s1. The van der Waals surface area contributed by atoms with Gasteiger partial charge < -0.3 is 14.8 Å². The number of hydrogen-bond donors (Lipinski definition) is 1. The summed E-state index contributed by atoms with van der Waals surface area (Å²) < 4.78 is 23.2. The summed E-state index contributed by atoms with van der Waals surface area (Å²) in [5.41, 5.74) is 3.28. The molecular weight excluding hydrogens is 337 g/mol. The number of aryl methyl sites for hydroxylation is 2. The summed E-state index contributed by atoms with van der Waals surface area (Å²) in [7, 11) is 0. The topological polar surface area (TPSA) is 64.6 Å². The van der Waals surface area contributed by atoms with Crippen LogP contribution in [0.15, 0.2) is 42.5 Å². The number of para-hydroxylation sites is 1. The van der Waals surface area contributed by atoms with E-state index in [4.69, 9.17) is 9.47 Å². The highest BCUT2D eigenvalue weighted by atomic mass is 19.1. The smallest absolute Gasteiger partial charge is 0.344 e. The third-order valence-electron chi connectivity index (χ3n) is 3.95. The molecule has 0 saturated carbocycles. The zero-order chi connectivity index (χ0) is 19.1. The van der Waals surface area contributed by atoms with Gasteiger partial charge >= 0.3 is 5.97 Å². The molecule has 2 aromatic carbocycles. The molecule has 6 heteroatoms. The Kier molecular flexibility index (Phi) is 6.72. The van der Waals surface area contributed by atoms with Gasteiger partial charge in [0.25, 0.3) is 5.91 Å². The highest BCUT2D eigenvalue weighted by molar-refractivity contribution is 5.81. The zero-order valence-corrected chi connectivity index (χ0v) is 15.0. The number of rotatable bonds is 7. The second-order valence-corrected chi connectivity index (χ2v) is 6.01. The van der Waals surface area contributed by atoms with Crippen LogP contribution in [-0.4, -0.2) is 25.1 Å². The Bertz CT molecular complexity index is 791. The molecule has 2 rings (SSSR count). The monoisotopic (exact) mass is 359 g/mol. The average Bonchev–Trinajstić information content (AvgIpc) is 2.61. The SMILES string of the molecule is Cc1ccc([C@H](C)NC(=O)COC(=O)COc2ccccc2F)cc1C. The largest absolute Gasteiger partial charge is 0.479 e. The maximum Gasteiger partial charge on any atom is 0.344 e. The van der Waals surface area contributed by atoms with E-state index in [-0.39, 0.29) is 11.8 Å². The van der Waals surface area contributed by atoms with Crippen molar-refractivity contribution < 1.29 is 23.5 Å². The number of halogens is 1. The number of carbonyl (C=O) groups excluding carboxylic acids is 2. The molecule has 0 unspecified atom stereocenters. The second kappa shape index (κ2) is 8.99. The lowest BCUT2D eigenvalue weighted by atomic mass is 10.0. The van der Waals surface area contributed by atoms with Gasteiger partial charge in [-0.3, -0.25) is 4.79 Å². The highest BCUT2D eigenvalue weighted by Crippen LogP contribution is 2.17. The maximum atomic E-state index is 13.4. The lowest BCUT2D eigenvalue weighted by molar-refractivity contribution is -0.150. The summed E-state index contributed by atoms with van der Waals surface area (Å²) in [5, 5.41) is 2.76. The molecule has 138 valence electrons. The molecule has 0 fully saturated rings. The van der Waals surface area contributed by atoms with E-state index < -0.39 is 30.9 Å². The quantitative estimate of drug-likeness (QED) is 0.771. The van der Waals surface area contributed by atoms with Gasteiger partial charge in [0.15, 0.2) is 24.8 Å². The normalized spacial score (nSPS) is 11.5. The van der Waals surface area contributed by atoms with Crippen LogP contribution in [0, 0.1) is 19.7 Å². The summed E-state index contributed by atoms with van der Waals surface area (Å²) in [6.07, 6.45) is 0. The minimum Gasteiger partial charge on any atom is -0.479 e. The van der Waals surface area contributed by atoms with Gasteiger partial charge in [0.2, 0.25) is 0 Å². The van der Waals surface area contributed by atoms with Crippen LogP contribution in [0.25, 0.3) is 0 Å². The van der Waals surface area contributed by atoms with Gasteiger partial charge in [0.05, 0.1) is 6.04 Å². The van der Waals surface area contributed by atoms with Crippen molar-refractivity contribution in [2.45, 2.75) is 26.8 Å². The van der Waals surface area contributed by atoms with Gasteiger partial charge in [-0.1, -0.05) is 30.3 Å². The van der Waals surface area contributed by atoms with Crippen molar-refractivity contribution in [3.05, 3.63) is 65.0 Å². The number of esters is 1. The second-order valence-electron chi connectivity index (χ2n) is 6.01. The Hall–Kier alpha value is -2.89. The summed E-state index contributed by atoms with van der Waals surface area (Å²) in [4.78, 5) is 23.5. The molecule has 1 atom stereocenters. The molecule has 0 aliphatic carbocycles. The van der Waals surface area contributed by atoms with Crippen LogP contribution in [0.1, 0.15) is 29.7 Å². The van der Waals surface area contributed by atoms with E-state index in [0.717, 1.165) is 11.1 Å². The van der Waals surface area contributed by atoms with Crippen molar-refractivity contribution in [2.75, 3.05) is 13.2 Å². The molecule has 0 radical (unpaired) electrons. The first-order valence-corrected chi connectivity index (χ1v) is 8.26. The van der Waals surface area contributed by atoms with E-state index in [2.05, 4.69) is 5.32 Å². The molecule has 5 nitrogen and oxygen atoms in total. The van der Waals surface area contributed by atoms with Crippen LogP contribution in [-0.2, 0) is 14.3 Å². The fourth-order valence-electron chi connectivity index (χ4n) is 2.29. The lowest BCUT2D eigenvalue weighted by Gasteiger charge is -2.16. The molecule has 0 aromatic heterocycles. The van der Waals surface area contributed by atoms with Crippen molar-refractivity contribution in [1.82, 2.24) is 5.32 Å². The van der Waals surface area contributed by atoms with E-state index in [1.807, 2.05) is 39.0 Å². The fraction of sp³-hybridized carbons (Fsp3) is 0.300. The van der Waals surface area contributed by atoms with Crippen LogP contribution < -0.4 is 10.1 Å². The minimum atomic E-state index is -0.748. The predicted molar refractivity (Wildman–Crippen MR) is 95.3 cm³/mol. The van der Waals surface area contributed by atoms with Gasteiger partial charge in [0, 0.05) is 0 Å². The van der Waals surface area contributed by atoms with Gasteiger partial charge in [-0.25, -0.2) is 9.18 Å². The minimum absolute atomic E-state index is 0.0442. The van der Waals surface area contributed by atoms with E-state index >= 15 is 0 Å². The van der Waals surface area contributed by atoms with Crippen LogP contribution in [0.5, 0.6) is 5.75 Å². The van der Waals surface area contributed by atoms with E-state index in [9.17, 15) is 14.0 Å². The summed E-state index contributed by atoms with van der Waals surface area (Å²) in [6, 6.07) is 11.5. The molecule has 1 N–H and O–H groups in total. The van der Waals surface area contributed by atoms with E-state index in [0.29, 0.717) is 0 Å². The number of hydrogen-bond acceptors (Lipinski definition) is 4. The summed E-state index contributed by atoms with van der Waals surface area (Å²) in [5.74, 6) is -1.78. The number of amides is 1. The Balaban J connectivity index is 1.76. The van der Waals surface area contributed by atoms with Crippen molar-refractivity contribution in [3.63, 3.8) is 0 Å². The molecule has 1 amide bonds. The molecule has 0 aliphatic heterocycles. The highest BCUT2D eigenvalue weighted by Gasteiger charge is 2.13. The third kappa shape index (κ3) is 5.58. The first-order chi connectivity index (χ1) is 12.4. The number of benzene rings is 2. The van der Waals surface area contributed by atoms with Crippen LogP contribution in [0.4, 0.5) is 4.39 Å². The molecule has 0 bridgehead atoms. The van der Waals surface area contributed by atoms with Crippen LogP contribution >= 0.6 is 0 Å². The van der Waals surface area contributed by atoms with Gasteiger partial charge in [-0.15, -0.1) is 0 Å². The summed E-state index contributed by atoms with van der Waals surface area (Å²) in [6.45, 7) is 4.98. The fourth-order valence-corrected chi connectivity index (χ4v) is 2.29. The first kappa shape index (κ1) is 19.4. The van der Waals surface area contributed by atoms with E-state index in [1.165, 1.54) is 23.8 Å². The molecule has 0 heterocycles. The Morgan fingerprint density at radius 2 is 1.81 bits per heavy atom. The molecule has 0 aliphatic rings. The maximum absolute atomic E-state index is 13.4. The first-order valence-electron chi connectivity index (χ1n) is 8.26. The van der Waals surface area contributed by atoms with Gasteiger partial charge in [-0.05, 0) is 49.6 Å². The number of ether oxygens (including phenoxy) is 2. The predicted octanol–water partition coefficient (Wildman–Crippen LogP) is 3.24. The number of nitrogens with one attached hydrogen (secondary N) is 1. The number of carbonyl (C=O) groups is 2. The van der Waals surface area contributed by atoms with Crippen LogP contribution in [0.3, 0.4) is 0 Å². The van der Waals surface area contributed by atoms with Crippen molar-refractivity contribution in [2.24, 2.45) is 0 Å². The van der Waals surface area contributed by atoms with Gasteiger partial charge in [0.1, 0.15) is 0 Å². The Morgan fingerprint density at radius 1 is 1.08 bits per heavy atom. The lowest BCUT2D eigenvalue weighted by Crippen LogP contribution is -2.32. The molecular formula is C20H22FNO4. The average molecular weight is 359 g/mol. The van der Waals surface area contributed by atoms with Crippen molar-refractivity contribution in [1.29, 1.82) is 0 Å². The van der Waals surface area contributed by atoms with Gasteiger partial charge in [-0.2, -0.15) is 0 Å². The van der Waals surface area contributed by atoms with Crippen molar-refractivity contribution >= 4 is 11.9 Å². The Morgan fingerprint density at radius 3 is 2.50 bits per heavy atom. The van der Waals surface area contributed by atoms with Crippen molar-refractivity contribution in [3.8, 4) is 5.75 Å². The van der Waals surface area contributed by atoms with E-state index in [1.54, 1.807) is 6.07 Å². The molecule has 0 saturated heterocycles. The van der Waals surface area contributed by atoms with Crippen LogP contribution in [0.2, 0.25) is 0 Å². The molecule has 0 spiro atoms. The molecule has 2 aromatic rings. The zero-order valence-electron chi connectivity index (χ0n) is 15.0. The third-order valence-corrected chi connectivity index (χ3v) is 3.95.